The van der Waals surface area contributed by atoms with Crippen LogP contribution in [-0.2, 0) is 22.3 Å². The monoisotopic (exact) mass is 183 g/mol. The molecule has 1 aliphatic heterocycles. The Hall–Kier alpha value is -0.660. The highest BCUT2D eigenvalue weighted by molar-refractivity contribution is 7.84. The highest BCUT2D eigenvalue weighted by atomic mass is 32.2. The number of nitrogens with zero attached hydrogens (tertiary/aromatic N) is 1. The zero-order valence-electron chi connectivity index (χ0n) is 5.66. The Kier molecular flexibility index (Phi) is 1.55. The molecule has 0 radical (unpaired) electrons. The van der Waals surface area contributed by atoms with E-state index < -0.39 is 10.8 Å². The van der Waals surface area contributed by atoms with E-state index in [2.05, 4.69) is 4.85 Å². The lowest BCUT2D eigenvalue weighted by Crippen LogP contribution is -1.83. The summed E-state index contributed by atoms with van der Waals surface area (Å²) in [6, 6.07) is 1.86. The largest absolute Gasteiger partial charge is 0.259 e. The molecule has 0 saturated heterocycles. The van der Waals surface area contributed by atoms with Gasteiger partial charge in [-0.15, -0.1) is 0 Å². The van der Waals surface area contributed by atoms with E-state index in [9.17, 15) is 4.21 Å². The van der Waals surface area contributed by atoms with Gasteiger partial charge >= 0.3 is 0 Å². The van der Waals surface area contributed by atoms with Crippen molar-refractivity contribution in [3.8, 4) is 0 Å². The Morgan fingerprint density at radius 2 is 2.45 bits per heavy atom. The van der Waals surface area contributed by atoms with Gasteiger partial charge in [-0.3, -0.25) is 4.21 Å². The lowest BCUT2D eigenvalue weighted by atomic mass is 10.3. The van der Waals surface area contributed by atoms with Crippen molar-refractivity contribution in [3.05, 3.63) is 27.9 Å². The first-order chi connectivity index (χ1) is 5.29. The molecule has 0 aliphatic carbocycles. The summed E-state index contributed by atoms with van der Waals surface area (Å²) in [4.78, 5) is 4.48. The summed E-state index contributed by atoms with van der Waals surface area (Å²) in [5.41, 5.74) is 1.12. The first-order valence-corrected chi connectivity index (χ1v) is 5.44. The van der Waals surface area contributed by atoms with E-state index in [4.69, 9.17) is 6.57 Å². The molecular formula is C7H5NOS2. The number of rotatable bonds is 0. The highest BCUT2D eigenvalue weighted by Crippen LogP contribution is 2.35. The molecule has 11 heavy (non-hydrogen) atoms. The minimum Gasteiger partial charge on any atom is -0.259 e. The van der Waals surface area contributed by atoms with Gasteiger partial charge in [-0.25, -0.2) is 4.85 Å². The van der Waals surface area contributed by atoms with Gasteiger partial charge in [0.1, 0.15) is 0 Å². The van der Waals surface area contributed by atoms with Crippen LogP contribution in [0.1, 0.15) is 10.4 Å². The molecule has 1 unspecified atom stereocenters. The molecule has 0 saturated carbocycles. The van der Waals surface area contributed by atoms with Gasteiger partial charge in [0.2, 0.25) is 5.00 Å². The first-order valence-electron chi connectivity index (χ1n) is 3.13. The predicted octanol–water partition coefficient (Wildman–Crippen LogP) is 2.06. The summed E-state index contributed by atoms with van der Waals surface area (Å²) < 4.78 is 11.0. The molecule has 0 N–H and O–H groups in total. The van der Waals surface area contributed by atoms with Crippen LogP contribution in [0.2, 0.25) is 0 Å². The van der Waals surface area contributed by atoms with E-state index in [1.165, 1.54) is 11.3 Å². The van der Waals surface area contributed by atoms with Crippen molar-refractivity contribution in [2.75, 3.05) is 0 Å². The average molecular weight is 183 g/mol. The van der Waals surface area contributed by atoms with Crippen molar-refractivity contribution in [1.82, 2.24) is 0 Å². The Balaban J connectivity index is 2.46. The molecule has 2 rings (SSSR count). The molecule has 1 atom stereocenters. The zero-order valence-corrected chi connectivity index (χ0v) is 7.30. The van der Waals surface area contributed by atoms with Crippen LogP contribution in [0.4, 0.5) is 5.00 Å². The van der Waals surface area contributed by atoms with E-state index in [0.29, 0.717) is 11.5 Å². The normalized spacial score (nSPS) is 21.2. The lowest BCUT2D eigenvalue weighted by molar-refractivity contribution is 0.684. The van der Waals surface area contributed by atoms with Crippen LogP contribution in [0.25, 0.3) is 4.85 Å². The predicted molar refractivity (Wildman–Crippen MR) is 46.1 cm³/mol. The summed E-state index contributed by atoms with van der Waals surface area (Å²) in [7, 11) is -0.691. The van der Waals surface area contributed by atoms with E-state index in [-0.39, 0.29) is 0 Å². The summed E-state index contributed by atoms with van der Waals surface area (Å²) in [6.07, 6.45) is 0. The fourth-order valence-electron chi connectivity index (χ4n) is 1.12. The zero-order chi connectivity index (χ0) is 7.84. The second-order valence-corrected chi connectivity index (χ2v) is 4.95. The molecule has 0 fully saturated rings. The summed E-state index contributed by atoms with van der Waals surface area (Å²) in [6.45, 7) is 6.76. The van der Waals surface area contributed by atoms with Gasteiger partial charge in [-0.1, -0.05) is 0 Å². The van der Waals surface area contributed by atoms with Crippen LogP contribution in [0.5, 0.6) is 0 Å². The summed E-state index contributed by atoms with van der Waals surface area (Å²) in [5, 5.41) is 0.728. The Bertz CT molecular complexity index is 336. The highest BCUT2D eigenvalue weighted by Gasteiger charge is 2.19. The third kappa shape index (κ3) is 1.10. The lowest BCUT2D eigenvalue weighted by Gasteiger charge is -1.82. The SMILES string of the molecule is [C-]#[N+]c1cc2c(s1)CS(=O)C2. The van der Waals surface area contributed by atoms with Crippen LogP contribution in [0.15, 0.2) is 6.07 Å². The smallest absolute Gasteiger partial charge is 0.241 e. The van der Waals surface area contributed by atoms with E-state index >= 15 is 0 Å². The minimum atomic E-state index is -0.691. The Morgan fingerprint density at radius 1 is 1.64 bits per heavy atom. The van der Waals surface area contributed by atoms with Crippen molar-refractivity contribution < 1.29 is 4.21 Å². The molecule has 4 heteroatoms. The van der Waals surface area contributed by atoms with Gasteiger partial charge in [0, 0.05) is 21.4 Å². The molecule has 0 aromatic carbocycles. The summed E-state index contributed by atoms with van der Waals surface area (Å²) >= 11 is 1.48. The topological polar surface area (TPSA) is 21.4 Å². The molecule has 2 heterocycles. The fraction of sp³-hybridized carbons (Fsp3) is 0.286. The number of fused-ring (bicyclic) bond motifs is 1. The summed E-state index contributed by atoms with van der Waals surface area (Å²) in [5.74, 6) is 1.32. The number of thiophene rings is 1. The number of hydrogen-bond acceptors (Lipinski definition) is 2. The standard InChI is InChI=1S/C7H5NOS2/c1-8-7-2-5-3-11(9)4-6(5)10-7/h2H,3-4H2. The molecule has 0 amide bonds. The molecule has 0 spiro atoms. The maximum atomic E-state index is 11.0. The first kappa shape index (κ1) is 7.01. The molecule has 0 bridgehead atoms. The molecule has 1 aliphatic rings. The third-order valence-electron chi connectivity index (χ3n) is 1.60. The van der Waals surface area contributed by atoms with Crippen LogP contribution < -0.4 is 0 Å². The molecule has 1 aromatic heterocycles. The van der Waals surface area contributed by atoms with Crippen LogP contribution >= 0.6 is 11.3 Å². The van der Waals surface area contributed by atoms with Gasteiger partial charge in [0.15, 0.2) is 0 Å². The third-order valence-corrected chi connectivity index (χ3v) is 4.10. The van der Waals surface area contributed by atoms with Crippen molar-refractivity contribution >= 4 is 27.1 Å². The molecule has 56 valence electrons. The Morgan fingerprint density at radius 3 is 3.09 bits per heavy atom. The van der Waals surface area contributed by atoms with Crippen LogP contribution in [-0.4, -0.2) is 4.21 Å². The van der Waals surface area contributed by atoms with Gasteiger partial charge in [0.25, 0.3) is 0 Å². The maximum absolute atomic E-state index is 11.0. The minimum absolute atomic E-state index is 0.654. The molecule has 1 aromatic rings. The quantitative estimate of drug-likeness (QED) is 0.564. The van der Waals surface area contributed by atoms with Crippen LogP contribution in [0, 0.1) is 6.57 Å². The second-order valence-electron chi connectivity index (χ2n) is 2.37. The Labute approximate surface area is 71.1 Å². The van der Waals surface area contributed by atoms with Crippen molar-refractivity contribution in [3.63, 3.8) is 0 Å². The van der Waals surface area contributed by atoms with Gasteiger partial charge in [-0.2, -0.15) is 11.3 Å². The van der Waals surface area contributed by atoms with E-state index in [1.54, 1.807) is 0 Å². The van der Waals surface area contributed by atoms with Gasteiger partial charge < -0.3 is 0 Å². The van der Waals surface area contributed by atoms with Crippen molar-refractivity contribution in [1.29, 1.82) is 0 Å². The molecular weight excluding hydrogens is 178 g/mol. The van der Waals surface area contributed by atoms with Gasteiger partial charge in [-0.05, 0) is 11.6 Å². The van der Waals surface area contributed by atoms with Crippen molar-refractivity contribution in [2.45, 2.75) is 11.5 Å². The van der Waals surface area contributed by atoms with E-state index in [1.807, 2.05) is 6.07 Å². The number of hydrogen-bond donors (Lipinski definition) is 0. The van der Waals surface area contributed by atoms with Crippen molar-refractivity contribution in [2.24, 2.45) is 0 Å². The second kappa shape index (κ2) is 2.43. The molecule has 2 nitrogen and oxygen atoms in total. The van der Waals surface area contributed by atoms with E-state index in [0.717, 1.165) is 15.4 Å². The van der Waals surface area contributed by atoms with Gasteiger partial charge in [0.05, 0.1) is 12.3 Å². The van der Waals surface area contributed by atoms with Crippen LogP contribution in [0.3, 0.4) is 0 Å². The maximum Gasteiger partial charge on any atom is 0.241 e. The fourth-order valence-corrected chi connectivity index (χ4v) is 3.79. The average Bonchev–Trinajstić information content (AvgIpc) is 2.43.